The molecule has 0 spiro atoms. The Kier molecular flexibility index (Phi) is 5.60. The maximum absolute atomic E-state index is 12.9. The van der Waals surface area contributed by atoms with E-state index in [-0.39, 0.29) is 24.2 Å². The molecule has 1 aromatic heterocycles. The zero-order valence-electron chi connectivity index (χ0n) is 15.8. The van der Waals surface area contributed by atoms with Crippen LogP contribution in [-0.2, 0) is 11.3 Å². The van der Waals surface area contributed by atoms with Gasteiger partial charge >= 0.3 is 0 Å². The highest BCUT2D eigenvalue weighted by molar-refractivity contribution is 5.98. The van der Waals surface area contributed by atoms with Gasteiger partial charge in [-0.1, -0.05) is 18.2 Å². The molecule has 2 aromatic carbocycles. The largest absolute Gasteiger partial charge is 0.457 e. The second-order valence-corrected chi connectivity index (χ2v) is 6.99. The molecule has 4 rings (SSSR count). The van der Waals surface area contributed by atoms with E-state index < -0.39 is 0 Å². The molecule has 1 amide bonds. The Bertz CT molecular complexity index is 958. The van der Waals surface area contributed by atoms with E-state index in [0.717, 1.165) is 18.6 Å². The molecular formula is C21H21N5O3. The van der Waals surface area contributed by atoms with Gasteiger partial charge < -0.3 is 9.64 Å². The Morgan fingerprint density at radius 2 is 1.79 bits per heavy atom. The van der Waals surface area contributed by atoms with Crippen molar-refractivity contribution in [3.05, 3.63) is 66.5 Å². The minimum absolute atomic E-state index is 0.0520. The number of hydrogen-bond donors (Lipinski definition) is 0. The van der Waals surface area contributed by atoms with Crippen molar-refractivity contribution in [2.75, 3.05) is 13.1 Å². The van der Waals surface area contributed by atoms with Crippen molar-refractivity contribution in [1.82, 2.24) is 25.1 Å². The molecule has 3 aromatic rings. The average Bonchev–Trinajstić information content (AvgIpc) is 3.28. The quantitative estimate of drug-likeness (QED) is 0.600. The number of ketones is 1. The number of nitrogens with zero attached hydrogens (tertiary/aromatic N) is 5. The minimum atomic E-state index is -0.206. The van der Waals surface area contributed by atoms with E-state index >= 15 is 0 Å². The predicted molar refractivity (Wildman–Crippen MR) is 104 cm³/mol. The lowest BCUT2D eigenvalue weighted by Gasteiger charge is -2.32. The number of amides is 1. The van der Waals surface area contributed by atoms with E-state index in [9.17, 15) is 9.59 Å². The number of tetrazole rings is 1. The zero-order chi connectivity index (χ0) is 20.1. The summed E-state index contributed by atoms with van der Waals surface area (Å²) in [5.74, 6) is 1.19. The molecule has 0 N–H and O–H groups in total. The van der Waals surface area contributed by atoms with Crippen molar-refractivity contribution in [3.8, 4) is 11.5 Å². The normalized spacial score (nSPS) is 16.4. The molecule has 0 unspecified atom stereocenters. The molecule has 0 aliphatic carbocycles. The highest BCUT2D eigenvalue weighted by Crippen LogP contribution is 2.25. The van der Waals surface area contributed by atoms with E-state index in [1.54, 1.807) is 29.2 Å². The Morgan fingerprint density at radius 3 is 2.52 bits per heavy atom. The van der Waals surface area contributed by atoms with Gasteiger partial charge in [-0.25, -0.2) is 4.68 Å². The SMILES string of the molecule is O=C(c1ccc(Oc2ccccc2)cc1)[C@@H]1CCCN(C(=O)Cn2cnnn2)C1. The number of hydrogen-bond acceptors (Lipinski definition) is 6. The molecule has 1 fully saturated rings. The van der Waals surface area contributed by atoms with Crippen LogP contribution in [0.5, 0.6) is 11.5 Å². The van der Waals surface area contributed by atoms with E-state index in [1.807, 2.05) is 30.3 Å². The van der Waals surface area contributed by atoms with Gasteiger partial charge in [-0.3, -0.25) is 9.59 Å². The molecule has 8 nitrogen and oxygen atoms in total. The van der Waals surface area contributed by atoms with Crippen molar-refractivity contribution in [1.29, 1.82) is 0 Å². The van der Waals surface area contributed by atoms with Crippen LogP contribution in [-0.4, -0.2) is 49.9 Å². The molecule has 148 valence electrons. The van der Waals surface area contributed by atoms with Crippen molar-refractivity contribution in [2.24, 2.45) is 5.92 Å². The van der Waals surface area contributed by atoms with E-state index in [2.05, 4.69) is 15.5 Å². The fourth-order valence-corrected chi connectivity index (χ4v) is 3.46. The predicted octanol–water partition coefficient (Wildman–Crippen LogP) is 2.59. The van der Waals surface area contributed by atoms with E-state index in [0.29, 0.717) is 24.4 Å². The first-order valence-electron chi connectivity index (χ1n) is 9.55. The van der Waals surface area contributed by atoms with Crippen LogP contribution in [0.15, 0.2) is 60.9 Å². The lowest BCUT2D eigenvalue weighted by molar-refractivity contribution is -0.133. The standard InChI is InChI=1S/C21H21N5O3/c27-20(14-26-15-22-23-24-26)25-12-4-5-17(13-25)21(28)16-8-10-19(11-9-16)29-18-6-2-1-3-7-18/h1-3,6-11,15,17H,4-5,12-14H2/t17-/m1/s1. The van der Waals surface area contributed by atoms with Crippen LogP contribution < -0.4 is 4.74 Å². The number of rotatable bonds is 6. The Morgan fingerprint density at radius 1 is 1.03 bits per heavy atom. The molecule has 0 saturated carbocycles. The molecular weight excluding hydrogens is 370 g/mol. The maximum atomic E-state index is 12.9. The molecule has 1 atom stereocenters. The number of carbonyl (C=O) groups is 2. The fraction of sp³-hybridized carbons (Fsp3) is 0.286. The topological polar surface area (TPSA) is 90.2 Å². The second kappa shape index (κ2) is 8.64. The van der Waals surface area contributed by atoms with Crippen LogP contribution in [0.2, 0.25) is 0 Å². The number of piperidine rings is 1. The van der Waals surface area contributed by atoms with Crippen molar-refractivity contribution in [3.63, 3.8) is 0 Å². The molecule has 29 heavy (non-hydrogen) atoms. The molecule has 2 heterocycles. The number of carbonyl (C=O) groups excluding carboxylic acids is 2. The molecule has 1 aliphatic heterocycles. The first kappa shape index (κ1) is 18.8. The van der Waals surface area contributed by atoms with Crippen LogP contribution in [0.4, 0.5) is 0 Å². The van der Waals surface area contributed by atoms with E-state index in [4.69, 9.17) is 4.74 Å². The first-order chi connectivity index (χ1) is 14.2. The fourth-order valence-electron chi connectivity index (χ4n) is 3.46. The second-order valence-electron chi connectivity index (χ2n) is 6.99. The van der Waals surface area contributed by atoms with Gasteiger partial charge in [0, 0.05) is 24.6 Å². The highest BCUT2D eigenvalue weighted by Gasteiger charge is 2.29. The smallest absolute Gasteiger partial charge is 0.244 e. The molecule has 1 saturated heterocycles. The van der Waals surface area contributed by atoms with Gasteiger partial charge in [0.05, 0.1) is 0 Å². The summed E-state index contributed by atoms with van der Waals surface area (Å²) < 4.78 is 7.16. The third-order valence-electron chi connectivity index (χ3n) is 4.95. The van der Waals surface area contributed by atoms with Crippen LogP contribution in [0.3, 0.4) is 0 Å². The third kappa shape index (κ3) is 4.66. The first-order valence-corrected chi connectivity index (χ1v) is 9.55. The highest BCUT2D eigenvalue weighted by atomic mass is 16.5. The third-order valence-corrected chi connectivity index (χ3v) is 4.95. The van der Waals surface area contributed by atoms with Crippen molar-refractivity contribution in [2.45, 2.75) is 19.4 Å². The zero-order valence-corrected chi connectivity index (χ0v) is 15.8. The Hall–Kier alpha value is -3.55. The summed E-state index contributed by atoms with van der Waals surface area (Å²) in [7, 11) is 0. The van der Waals surface area contributed by atoms with Gasteiger partial charge in [-0.15, -0.1) is 5.10 Å². The van der Waals surface area contributed by atoms with Crippen LogP contribution in [0.25, 0.3) is 0 Å². The Labute approximate surface area is 168 Å². The number of likely N-dealkylation sites (tertiary alicyclic amines) is 1. The number of benzene rings is 2. The maximum Gasteiger partial charge on any atom is 0.244 e. The van der Waals surface area contributed by atoms with Gasteiger partial charge in [0.15, 0.2) is 5.78 Å². The lowest BCUT2D eigenvalue weighted by atomic mass is 9.90. The van der Waals surface area contributed by atoms with Crippen LogP contribution >= 0.6 is 0 Å². The van der Waals surface area contributed by atoms with Crippen LogP contribution in [0.1, 0.15) is 23.2 Å². The van der Waals surface area contributed by atoms with Gasteiger partial charge in [0.1, 0.15) is 24.4 Å². The van der Waals surface area contributed by atoms with Gasteiger partial charge in [-0.2, -0.15) is 0 Å². The monoisotopic (exact) mass is 391 g/mol. The summed E-state index contributed by atoms with van der Waals surface area (Å²) in [6.07, 6.45) is 2.98. The molecule has 8 heteroatoms. The minimum Gasteiger partial charge on any atom is -0.457 e. The summed E-state index contributed by atoms with van der Waals surface area (Å²) >= 11 is 0. The number of aromatic nitrogens is 4. The van der Waals surface area contributed by atoms with Gasteiger partial charge in [0.25, 0.3) is 0 Å². The van der Waals surface area contributed by atoms with Gasteiger partial charge in [-0.05, 0) is 59.7 Å². The summed E-state index contributed by atoms with van der Waals surface area (Å²) in [5.41, 5.74) is 0.630. The molecule has 0 radical (unpaired) electrons. The van der Waals surface area contributed by atoms with Crippen molar-refractivity contribution < 1.29 is 14.3 Å². The van der Waals surface area contributed by atoms with Gasteiger partial charge in [0.2, 0.25) is 5.91 Å². The van der Waals surface area contributed by atoms with Crippen LogP contribution in [0, 0.1) is 5.92 Å². The number of ether oxygens (including phenoxy) is 1. The lowest BCUT2D eigenvalue weighted by Crippen LogP contribution is -2.43. The van der Waals surface area contributed by atoms with Crippen molar-refractivity contribution >= 4 is 11.7 Å². The summed E-state index contributed by atoms with van der Waals surface area (Å²) in [5, 5.41) is 10.8. The molecule has 1 aliphatic rings. The average molecular weight is 391 g/mol. The molecule has 0 bridgehead atoms. The number of para-hydroxylation sites is 1. The summed E-state index contributed by atoms with van der Waals surface area (Å²) in [4.78, 5) is 27.1. The van der Waals surface area contributed by atoms with E-state index in [1.165, 1.54) is 11.0 Å². The summed E-state index contributed by atoms with van der Waals surface area (Å²) in [6.45, 7) is 1.15. The number of Topliss-reactive ketones (excluding diaryl/α,β-unsaturated/α-hetero) is 1. The Balaban J connectivity index is 1.37. The summed E-state index contributed by atoms with van der Waals surface area (Å²) in [6, 6.07) is 16.6.